The van der Waals surface area contributed by atoms with Crippen LogP contribution in [0, 0.1) is 6.92 Å². The second-order valence-corrected chi connectivity index (χ2v) is 9.45. The van der Waals surface area contributed by atoms with Gasteiger partial charge in [0.25, 0.3) is 0 Å². The van der Waals surface area contributed by atoms with Crippen molar-refractivity contribution in [2.45, 2.75) is 32.2 Å². The van der Waals surface area contributed by atoms with Gasteiger partial charge in [0.1, 0.15) is 10.8 Å². The maximum atomic E-state index is 12.2. The molecule has 0 bridgehead atoms. The topological polar surface area (TPSA) is 94.5 Å². The summed E-state index contributed by atoms with van der Waals surface area (Å²) in [5, 5.41) is 11.7. The summed E-state index contributed by atoms with van der Waals surface area (Å²) in [5.41, 5.74) is 1.80. The van der Waals surface area contributed by atoms with Gasteiger partial charge in [0.15, 0.2) is 0 Å². The SMILES string of the molecule is Cc1nn(C2CCN(C)C2)cc1Nc1ncc(Cl)c(NCCCN2CCN(C)CCC2=O)n1. The Morgan fingerprint density at radius 3 is 2.82 bits per heavy atom. The van der Waals surface area contributed by atoms with Crippen molar-refractivity contribution in [1.82, 2.24) is 34.4 Å². The molecular weight excluding hydrogens is 442 g/mol. The number of aromatic nitrogens is 4. The first-order valence-electron chi connectivity index (χ1n) is 11.6. The van der Waals surface area contributed by atoms with Gasteiger partial charge in [-0.3, -0.25) is 9.48 Å². The summed E-state index contributed by atoms with van der Waals surface area (Å²) in [5.74, 6) is 1.28. The van der Waals surface area contributed by atoms with Gasteiger partial charge in [0.2, 0.25) is 11.9 Å². The van der Waals surface area contributed by atoms with Gasteiger partial charge in [-0.25, -0.2) is 4.98 Å². The van der Waals surface area contributed by atoms with E-state index < -0.39 is 0 Å². The van der Waals surface area contributed by atoms with Gasteiger partial charge in [-0.2, -0.15) is 10.1 Å². The fourth-order valence-corrected chi connectivity index (χ4v) is 4.43. The molecule has 2 saturated heterocycles. The molecule has 2 fully saturated rings. The van der Waals surface area contributed by atoms with Crippen molar-refractivity contribution < 1.29 is 4.79 Å². The second-order valence-electron chi connectivity index (χ2n) is 9.04. The van der Waals surface area contributed by atoms with Crippen LogP contribution >= 0.6 is 11.6 Å². The molecule has 10 nitrogen and oxygen atoms in total. The number of carbonyl (C=O) groups excluding carboxylic acids is 1. The van der Waals surface area contributed by atoms with Crippen molar-refractivity contribution in [3.8, 4) is 0 Å². The van der Waals surface area contributed by atoms with Crippen LogP contribution in [0.25, 0.3) is 0 Å². The number of carbonyl (C=O) groups is 1. The molecule has 1 atom stereocenters. The van der Waals surface area contributed by atoms with Crippen LogP contribution in [0.15, 0.2) is 12.4 Å². The third-order valence-corrected chi connectivity index (χ3v) is 6.63. The quantitative estimate of drug-likeness (QED) is 0.561. The highest BCUT2D eigenvalue weighted by molar-refractivity contribution is 6.32. The molecule has 2 aromatic heterocycles. The minimum Gasteiger partial charge on any atom is -0.369 e. The Kier molecular flexibility index (Phi) is 7.67. The lowest BCUT2D eigenvalue weighted by molar-refractivity contribution is -0.130. The van der Waals surface area contributed by atoms with E-state index in [2.05, 4.69) is 49.6 Å². The van der Waals surface area contributed by atoms with Crippen LogP contribution in [0.1, 0.15) is 31.0 Å². The van der Waals surface area contributed by atoms with E-state index >= 15 is 0 Å². The van der Waals surface area contributed by atoms with Crippen molar-refractivity contribution in [2.75, 3.05) is 70.5 Å². The summed E-state index contributed by atoms with van der Waals surface area (Å²) < 4.78 is 2.04. The fraction of sp³-hybridized carbons (Fsp3) is 0.636. The van der Waals surface area contributed by atoms with E-state index in [1.54, 1.807) is 6.20 Å². The van der Waals surface area contributed by atoms with Crippen molar-refractivity contribution in [1.29, 1.82) is 0 Å². The van der Waals surface area contributed by atoms with E-state index in [-0.39, 0.29) is 5.91 Å². The number of anilines is 3. The molecule has 0 spiro atoms. The molecule has 2 aromatic rings. The number of amides is 1. The first kappa shape index (κ1) is 23.7. The minimum atomic E-state index is 0.228. The van der Waals surface area contributed by atoms with Crippen LogP contribution < -0.4 is 10.6 Å². The maximum Gasteiger partial charge on any atom is 0.229 e. The van der Waals surface area contributed by atoms with Gasteiger partial charge >= 0.3 is 0 Å². The molecule has 2 aliphatic heterocycles. The number of rotatable bonds is 8. The van der Waals surface area contributed by atoms with Crippen LogP contribution in [0.5, 0.6) is 0 Å². The average Bonchev–Trinajstić information content (AvgIpc) is 3.34. The lowest BCUT2D eigenvalue weighted by Crippen LogP contribution is -2.34. The highest BCUT2D eigenvalue weighted by Gasteiger charge is 2.23. The van der Waals surface area contributed by atoms with Crippen LogP contribution in [0.2, 0.25) is 5.02 Å². The summed E-state index contributed by atoms with van der Waals surface area (Å²) in [6.07, 6.45) is 6.13. The first-order chi connectivity index (χ1) is 15.9. The van der Waals surface area contributed by atoms with E-state index in [0.29, 0.717) is 35.8 Å². The zero-order chi connectivity index (χ0) is 23.4. The van der Waals surface area contributed by atoms with Crippen molar-refractivity contribution >= 4 is 35.0 Å². The molecule has 1 unspecified atom stereocenters. The molecule has 11 heteroatoms. The van der Waals surface area contributed by atoms with Crippen LogP contribution in [0.3, 0.4) is 0 Å². The molecule has 2 N–H and O–H groups in total. The van der Waals surface area contributed by atoms with Crippen LogP contribution in [-0.2, 0) is 4.79 Å². The molecule has 0 aromatic carbocycles. The van der Waals surface area contributed by atoms with Crippen LogP contribution in [0.4, 0.5) is 17.5 Å². The van der Waals surface area contributed by atoms with Crippen molar-refractivity contribution in [3.63, 3.8) is 0 Å². The standard InChI is InChI=1S/C22H34ClN9O/c1-16-19(15-32(28-16)17-5-9-30(3)14-17)26-22-25-13-18(23)21(27-22)24-7-4-8-31-12-11-29(2)10-6-20(31)33/h13,15,17H,4-12,14H2,1-3H3,(H2,24,25,26,27). The molecule has 0 aliphatic carbocycles. The summed E-state index contributed by atoms with van der Waals surface area (Å²) in [7, 11) is 4.19. The van der Waals surface area contributed by atoms with Gasteiger partial charge in [-0.1, -0.05) is 11.6 Å². The molecular formula is C22H34ClN9O. The van der Waals surface area contributed by atoms with Gasteiger partial charge < -0.3 is 25.3 Å². The number of hydrogen-bond acceptors (Lipinski definition) is 8. The van der Waals surface area contributed by atoms with E-state index in [1.807, 2.05) is 22.7 Å². The number of halogens is 1. The Labute approximate surface area is 200 Å². The van der Waals surface area contributed by atoms with E-state index in [0.717, 1.165) is 63.5 Å². The largest absolute Gasteiger partial charge is 0.369 e. The van der Waals surface area contributed by atoms with E-state index in [9.17, 15) is 4.79 Å². The van der Waals surface area contributed by atoms with Gasteiger partial charge in [-0.15, -0.1) is 0 Å². The van der Waals surface area contributed by atoms with Crippen LogP contribution in [-0.4, -0.2) is 100 Å². The Bertz CT molecular complexity index is 965. The lowest BCUT2D eigenvalue weighted by Gasteiger charge is -2.20. The summed E-state index contributed by atoms with van der Waals surface area (Å²) >= 11 is 6.32. The molecule has 0 radical (unpaired) electrons. The zero-order valence-corrected chi connectivity index (χ0v) is 20.5. The lowest BCUT2D eigenvalue weighted by atomic mass is 10.3. The molecule has 33 heavy (non-hydrogen) atoms. The number of nitrogens with one attached hydrogen (secondary N) is 2. The zero-order valence-electron chi connectivity index (χ0n) is 19.7. The predicted octanol–water partition coefficient (Wildman–Crippen LogP) is 2.22. The third kappa shape index (κ3) is 6.13. The van der Waals surface area contributed by atoms with E-state index in [1.165, 1.54) is 0 Å². The first-order valence-corrected chi connectivity index (χ1v) is 12.0. The van der Waals surface area contributed by atoms with Crippen molar-refractivity contribution in [2.24, 2.45) is 0 Å². The van der Waals surface area contributed by atoms with Crippen molar-refractivity contribution in [3.05, 3.63) is 23.1 Å². The van der Waals surface area contributed by atoms with Gasteiger partial charge in [-0.05, 0) is 40.4 Å². The molecule has 180 valence electrons. The summed E-state index contributed by atoms with van der Waals surface area (Å²) in [6.45, 7) is 7.99. The second kappa shape index (κ2) is 10.7. The predicted molar refractivity (Wildman–Crippen MR) is 130 cm³/mol. The number of likely N-dealkylation sites (tertiary alicyclic amines) is 1. The number of hydrogen-bond donors (Lipinski definition) is 2. The number of likely N-dealkylation sites (N-methyl/N-ethyl adjacent to an activating group) is 2. The average molecular weight is 476 g/mol. The third-order valence-electron chi connectivity index (χ3n) is 6.36. The summed E-state index contributed by atoms with van der Waals surface area (Å²) in [6, 6.07) is 0.393. The summed E-state index contributed by atoms with van der Waals surface area (Å²) in [4.78, 5) is 27.6. The highest BCUT2D eigenvalue weighted by Crippen LogP contribution is 2.26. The highest BCUT2D eigenvalue weighted by atomic mass is 35.5. The Morgan fingerprint density at radius 1 is 1.18 bits per heavy atom. The maximum absolute atomic E-state index is 12.2. The minimum absolute atomic E-state index is 0.228. The molecule has 2 aliphatic rings. The smallest absolute Gasteiger partial charge is 0.229 e. The molecule has 4 rings (SSSR count). The fourth-order valence-electron chi connectivity index (χ4n) is 4.28. The molecule has 0 saturated carbocycles. The van der Waals surface area contributed by atoms with Gasteiger partial charge in [0.05, 0.1) is 23.6 Å². The van der Waals surface area contributed by atoms with Gasteiger partial charge in [0, 0.05) is 51.9 Å². The Morgan fingerprint density at radius 2 is 2.03 bits per heavy atom. The number of nitrogens with zero attached hydrogens (tertiary/aromatic N) is 7. The Balaban J connectivity index is 1.32. The molecule has 1 amide bonds. The number of aryl methyl sites for hydroxylation is 1. The Hall–Kier alpha value is -2.43. The van der Waals surface area contributed by atoms with E-state index in [4.69, 9.17) is 11.6 Å². The normalized spacial score (nSPS) is 20.3. The monoisotopic (exact) mass is 475 g/mol. The molecule has 4 heterocycles.